The van der Waals surface area contributed by atoms with Crippen LogP contribution in [0.25, 0.3) is 0 Å². The largest absolute Gasteiger partial charge is 0.361 e. The van der Waals surface area contributed by atoms with Gasteiger partial charge in [-0.15, -0.1) is 0 Å². The minimum absolute atomic E-state index is 0.0140. The van der Waals surface area contributed by atoms with E-state index in [-0.39, 0.29) is 22.3 Å². The molecule has 0 saturated heterocycles. The maximum Gasteiger partial charge on any atom is 0.361 e. The first-order valence-electron chi connectivity index (χ1n) is 6.62. The number of fused-ring (bicyclic) bond motifs is 1. The van der Waals surface area contributed by atoms with E-state index in [1.165, 1.54) is 0 Å². The lowest BCUT2D eigenvalue weighted by Crippen LogP contribution is -2.53. The minimum atomic E-state index is -0.214. The Kier molecular flexibility index (Phi) is 3.45. The Morgan fingerprint density at radius 2 is 2.05 bits per heavy atom. The van der Waals surface area contributed by atoms with Crippen LogP contribution in [0.1, 0.15) is 48.5 Å². The van der Waals surface area contributed by atoms with Gasteiger partial charge in [-0.25, -0.2) is 4.79 Å². The van der Waals surface area contributed by atoms with Crippen molar-refractivity contribution in [1.29, 1.82) is 0 Å². The van der Waals surface area contributed by atoms with Crippen molar-refractivity contribution in [2.75, 3.05) is 14.1 Å². The molecule has 1 aliphatic rings. The van der Waals surface area contributed by atoms with Crippen molar-refractivity contribution in [2.45, 2.75) is 32.6 Å². The SMILES string of the molecule is CCCC(=O)c1ccc2c(c1)O[N+](C)(C)C(=O)C2C. The van der Waals surface area contributed by atoms with E-state index in [1.54, 1.807) is 26.2 Å². The Hall–Kier alpha value is -1.68. The maximum absolute atomic E-state index is 12.1. The molecule has 0 N–H and O–H groups in total. The van der Waals surface area contributed by atoms with Crippen LogP contribution >= 0.6 is 0 Å². The van der Waals surface area contributed by atoms with Gasteiger partial charge in [0.1, 0.15) is 20.0 Å². The van der Waals surface area contributed by atoms with Crippen molar-refractivity contribution in [3.05, 3.63) is 29.3 Å². The second-order valence-corrected chi connectivity index (χ2v) is 5.43. The molecule has 0 saturated carbocycles. The predicted molar refractivity (Wildman–Crippen MR) is 71.8 cm³/mol. The van der Waals surface area contributed by atoms with Crippen LogP contribution < -0.4 is 4.84 Å². The first-order valence-corrected chi connectivity index (χ1v) is 6.62. The van der Waals surface area contributed by atoms with Crippen LogP contribution in [0, 0.1) is 0 Å². The summed E-state index contributed by atoms with van der Waals surface area (Å²) in [6, 6.07) is 5.38. The zero-order valence-electron chi connectivity index (χ0n) is 11.9. The molecule has 4 nitrogen and oxygen atoms in total. The zero-order valence-corrected chi connectivity index (χ0v) is 11.9. The number of benzene rings is 1. The number of carbonyl (C=O) groups is 2. The van der Waals surface area contributed by atoms with Crippen LogP contribution in [-0.4, -0.2) is 30.4 Å². The van der Waals surface area contributed by atoms with Crippen LogP contribution in [0.2, 0.25) is 0 Å². The summed E-state index contributed by atoms with van der Waals surface area (Å²) in [4.78, 5) is 29.7. The number of ketones is 1. The second-order valence-electron chi connectivity index (χ2n) is 5.43. The van der Waals surface area contributed by atoms with E-state index in [0.717, 1.165) is 12.0 Å². The van der Waals surface area contributed by atoms with Crippen LogP contribution in [0.5, 0.6) is 5.75 Å². The van der Waals surface area contributed by atoms with E-state index < -0.39 is 0 Å². The Balaban J connectivity index is 2.41. The molecular weight excluding hydrogens is 242 g/mol. The highest BCUT2D eigenvalue weighted by Crippen LogP contribution is 2.36. The highest BCUT2D eigenvalue weighted by atomic mass is 16.7. The lowest BCUT2D eigenvalue weighted by Gasteiger charge is -2.33. The van der Waals surface area contributed by atoms with Crippen molar-refractivity contribution in [2.24, 2.45) is 0 Å². The van der Waals surface area contributed by atoms with Gasteiger partial charge in [0.05, 0.1) is 0 Å². The van der Waals surface area contributed by atoms with Gasteiger partial charge in [0.2, 0.25) is 0 Å². The van der Waals surface area contributed by atoms with Crippen LogP contribution in [0.3, 0.4) is 0 Å². The fourth-order valence-electron chi connectivity index (χ4n) is 2.41. The summed E-state index contributed by atoms with van der Waals surface area (Å²) < 4.78 is -0.139. The molecule has 0 aromatic heterocycles. The third-order valence-corrected chi connectivity index (χ3v) is 3.51. The summed E-state index contributed by atoms with van der Waals surface area (Å²) in [5, 5.41) is 0. The fraction of sp³-hybridized carbons (Fsp3) is 0.467. The number of likely N-dealkylation sites (N-methyl/N-ethyl adjacent to an activating group) is 1. The molecule has 1 aromatic carbocycles. The van der Waals surface area contributed by atoms with Crippen molar-refractivity contribution >= 4 is 11.7 Å². The summed E-state index contributed by atoms with van der Waals surface area (Å²) in [6.07, 6.45) is 1.36. The van der Waals surface area contributed by atoms with Crippen molar-refractivity contribution < 1.29 is 19.1 Å². The van der Waals surface area contributed by atoms with Gasteiger partial charge >= 0.3 is 5.91 Å². The fourth-order valence-corrected chi connectivity index (χ4v) is 2.41. The maximum atomic E-state index is 12.1. The summed E-state index contributed by atoms with van der Waals surface area (Å²) in [7, 11) is 3.42. The van der Waals surface area contributed by atoms with Gasteiger partial charge in [0.25, 0.3) is 0 Å². The minimum Gasteiger partial charge on any atom is -0.308 e. The van der Waals surface area contributed by atoms with Gasteiger partial charge in [-0.2, -0.15) is 0 Å². The molecule has 0 spiro atoms. The molecule has 1 amide bonds. The number of hydrogen-bond acceptors (Lipinski definition) is 3. The van der Waals surface area contributed by atoms with Gasteiger partial charge in [-0.3, -0.25) is 4.79 Å². The third kappa shape index (κ3) is 2.40. The van der Waals surface area contributed by atoms with E-state index >= 15 is 0 Å². The van der Waals surface area contributed by atoms with E-state index in [0.29, 0.717) is 17.7 Å². The molecule has 0 aliphatic carbocycles. The smallest absolute Gasteiger partial charge is 0.308 e. The number of hydroxylamine groups is 3. The van der Waals surface area contributed by atoms with E-state index in [4.69, 9.17) is 4.84 Å². The normalized spacial score (nSPS) is 20.6. The molecule has 2 rings (SSSR count). The molecular formula is C15H20NO3+. The number of carbonyl (C=O) groups excluding carboxylic acids is 2. The van der Waals surface area contributed by atoms with Gasteiger partial charge in [0.15, 0.2) is 11.5 Å². The summed E-state index contributed by atoms with van der Waals surface area (Å²) in [5.74, 6) is 0.553. The monoisotopic (exact) mass is 262 g/mol. The summed E-state index contributed by atoms with van der Waals surface area (Å²) >= 11 is 0. The molecule has 1 atom stereocenters. The lowest BCUT2D eigenvalue weighted by molar-refractivity contribution is -0.984. The molecule has 1 aliphatic heterocycles. The summed E-state index contributed by atoms with van der Waals surface area (Å²) in [5.41, 5.74) is 1.51. The molecule has 102 valence electrons. The Morgan fingerprint density at radius 3 is 2.68 bits per heavy atom. The van der Waals surface area contributed by atoms with Crippen molar-refractivity contribution in [1.82, 2.24) is 0 Å². The number of hydrogen-bond donors (Lipinski definition) is 0. The quantitative estimate of drug-likeness (QED) is 0.621. The first kappa shape index (κ1) is 13.7. The molecule has 4 heteroatoms. The Bertz CT molecular complexity index is 534. The van der Waals surface area contributed by atoms with Gasteiger partial charge in [-0.1, -0.05) is 23.7 Å². The predicted octanol–water partition coefficient (Wildman–Crippen LogP) is 2.68. The van der Waals surface area contributed by atoms with Crippen molar-refractivity contribution in [3.63, 3.8) is 0 Å². The first-order chi connectivity index (χ1) is 8.86. The number of nitrogens with zero attached hydrogens (tertiary/aromatic N) is 1. The van der Waals surface area contributed by atoms with E-state index in [9.17, 15) is 9.59 Å². The molecule has 19 heavy (non-hydrogen) atoms. The highest BCUT2D eigenvalue weighted by Gasteiger charge is 2.42. The van der Waals surface area contributed by atoms with Gasteiger partial charge < -0.3 is 4.84 Å². The van der Waals surface area contributed by atoms with Gasteiger partial charge in [-0.05, 0) is 19.4 Å². The number of amides is 1. The number of rotatable bonds is 3. The topological polar surface area (TPSA) is 43.4 Å². The van der Waals surface area contributed by atoms with Crippen LogP contribution in [0.4, 0.5) is 0 Å². The zero-order chi connectivity index (χ0) is 14.2. The molecule has 0 radical (unpaired) electrons. The summed E-state index contributed by atoms with van der Waals surface area (Å²) in [6.45, 7) is 3.85. The average Bonchev–Trinajstić information content (AvgIpc) is 2.35. The standard InChI is InChI=1S/C15H20NO3/c1-5-6-13(17)11-7-8-12-10(2)15(18)16(3,4)19-14(12)9-11/h7-10H,5-6H2,1-4H3/q+1. The van der Waals surface area contributed by atoms with E-state index in [2.05, 4.69) is 0 Å². The molecule has 1 aromatic rings. The number of quaternary nitrogens is 1. The second kappa shape index (κ2) is 4.78. The molecule has 1 heterocycles. The molecule has 0 fully saturated rings. The van der Waals surface area contributed by atoms with Gasteiger partial charge in [0, 0.05) is 17.5 Å². The molecule has 0 bridgehead atoms. The highest BCUT2D eigenvalue weighted by molar-refractivity contribution is 5.96. The van der Waals surface area contributed by atoms with Crippen molar-refractivity contribution in [3.8, 4) is 5.75 Å². The Labute approximate surface area is 113 Å². The Morgan fingerprint density at radius 1 is 1.37 bits per heavy atom. The number of Topliss-reactive ketones (excluding diaryl/α,β-unsaturated/α-hetero) is 1. The average molecular weight is 262 g/mol. The lowest BCUT2D eigenvalue weighted by atomic mass is 9.94. The third-order valence-electron chi connectivity index (χ3n) is 3.51. The molecule has 1 unspecified atom stereocenters. The van der Waals surface area contributed by atoms with Crippen LogP contribution in [0.15, 0.2) is 18.2 Å². The van der Waals surface area contributed by atoms with E-state index in [1.807, 2.05) is 19.9 Å². The van der Waals surface area contributed by atoms with Crippen LogP contribution in [-0.2, 0) is 4.79 Å².